The Kier molecular flexibility index (Phi) is 4.76. The van der Waals surface area contributed by atoms with Gasteiger partial charge < -0.3 is 4.90 Å². The number of piperidine rings is 1. The van der Waals surface area contributed by atoms with E-state index >= 15 is 0 Å². The van der Waals surface area contributed by atoms with Crippen LogP contribution in [0.4, 0.5) is 0 Å². The fraction of sp³-hybridized carbons (Fsp3) is 0.292. The van der Waals surface area contributed by atoms with Gasteiger partial charge in [0.1, 0.15) is 6.33 Å². The van der Waals surface area contributed by atoms with Crippen molar-refractivity contribution in [3.8, 4) is 16.9 Å². The molecule has 2 aliphatic heterocycles. The molecule has 4 heterocycles. The van der Waals surface area contributed by atoms with Crippen molar-refractivity contribution in [3.05, 3.63) is 76.7 Å². The summed E-state index contributed by atoms with van der Waals surface area (Å²) in [6.07, 6.45) is 5.30. The van der Waals surface area contributed by atoms with Crippen LogP contribution in [0, 0.1) is 0 Å². The molecule has 1 fully saturated rings. The molecular weight excluding hydrogens is 438 g/mol. The number of hydrogen-bond donors (Lipinski definition) is 0. The first kappa shape index (κ1) is 20.1. The highest BCUT2D eigenvalue weighted by molar-refractivity contribution is 6.30. The Morgan fingerprint density at radius 3 is 2.82 bits per heavy atom. The van der Waals surface area contributed by atoms with Gasteiger partial charge in [0.15, 0.2) is 0 Å². The maximum absolute atomic E-state index is 13.8. The van der Waals surface area contributed by atoms with E-state index in [4.69, 9.17) is 16.7 Å². The van der Waals surface area contributed by atoms with Crippen molar-refractivity contribution in [3.63, 3.8) is 0 Å². The number of halogens is 1. The summed E-state index contributed by atoms with van der Waals surface area (Å²) in [6.45, 7) is 0. The number of rotatable bonds is 3. The van der Waals surface area contributed by atoms with Crippen molar-refractivity contribution < 1.29 is 4.79 Å². The molecule has 2 aliphatic rings. The summed E-state index contributed by atoms with van der Waals surface area (Å²) in [7, 11) is 1.97. The molecule has 0 spiro atoms. The van der Waals surface area contributed by atoms with Crippen LogP contribution in [0.15, 0.2) is 54.9 Å². The number of nitrogens with zero attached hydrogens (tertiary/aromatic N) is 7. The zero-order chi connectivity index (χ0) is 22.5. The van der Waals surface area contributed by atoms with Crippen LogP contribution < -0.4 is 0 Å². The average molecular weight is 460 g/mol. The molecule has 4 aromatic rings. The number of benzene rings is 2. The second-order valence-corrected chi connectivity index (χ2v) is 9.10. The van der Waals surface area contributed by atoms with Crippen LogP contribution in [0.1, 0.15) is 46.9 Å². The molecule has 1 saturated heterocycles. The molecular formula is C24H22ClN7O. The minimum absolute atomic E-state index is 0.0280. The highest BCUT2D eigenvalue weighted by Crippen LogP contribution is 2.45. The maximum atomic E-state index is 13.8. The predicted molar refractivity (Wildman–Crippen MR) is 123 cm³/mol. The third-order valence-corrected chi connectivity index (χ3v) is 6.95. The van der Waals surface area contributed by atoms with E-state index in [0.29, 0.717) is 10.6 Å². The lowest BCUT2D eigenvalue weighted by Gasteiger charge is -2.45. The molecule has 2 aromatic heterocycles. The topological polar surface area (TPSA) is 81.7 Å². The largest absolute Gasteiger partial charge is 0.327 e. The average Bonchev–Trinajstić information content (AvgIpc) is 3.46. The summed E-state index contributed by atoms with van der Waals surface area (Å²) in [5.74, 6) is 0.0280. The molecule has 2 atom stereocenters. The summed E-state index contributed by atoms with van der Waals surface area (Å²) in [6, 6.07) is 15.5. The van der Waals surface area contributed by atoms with Crippen molar-refractivity contribution in [1.82, 2.24) is 34.9 Å². The van der Waals surface area contributed by atoms with Crippen molar-refractivity contribution in [2.24, 2.45) is 7.05 Å². The summed E-state index contributed by atoms with van der Waals surface area (Å²) in [5, 5.41) is 16.9. The van der Waals surface area contributed by atoms with E-state index in [0.717, 1.165) is 48.3 Å². The van der Waals surface area contributed by atoms with Crippen LogP contribution >= 0.6 is 11.6 Å². The molecule has 0 aliphatic carbocycles. The SMILES string of the molecule is Cn1nc2c(c1-c1cccc(Cl)c1)C[C@@H]1CCC[C@H]2N1C(=O)c1cccc(-n2cnnn2)c1. The molecule has 1 amide bonds. The van der Waals surface area contributed by atoms with Gasteiger partial charge in [0.25, 0.3) is 5.91 Å². The number of fused-ring (bicyclic) bond motifs is 4. The molecule has 166 valence electrons. The summed E-state index contributed by atoms with van der Waals surface area (Å²) >= 11 is 6.28. The smallest absolute Gasteiger partial charge is 0.254 e. The van der Waals surface area contributed by atoms with E-state index in [2.05, 4.69) is 26.5 Å². The van der Waals surface area contributed by atoms with Crippen molar-refractivity contribution in [2.75, 3.05) is 0 Å². The third-order valence-electron chi connectivity index (χ3n) is 6.72. The first-order valence-corrected chi connectivity index (χ1v) is 11.5. The van der Waals surface area contributed by atoms with Crippen LogP contribution in [0.25, 0.3) is 16.9 Å². The zero-order valence-corrected chi connectivity index (χ0v) is 18.9. The van der Waals surface area contributed by atoms with Gasteiger partial charge in [-0.05, 0) is 66.4 Å². The van der Waals surface area contributed by atoms with Crippen molar-refractivity contribution in [1.29, 1.82) is 0 Å². The minimum Gasteiger partial charge on any atom is -0.327 e. The van der Waals surface area contributed by atoms with Crippen LogP contribution in [0.2, 0.25) is 5.02 Å². The number of aryl methyl sites for hydroxylation is 1. The summed E-state index contributed by atoms with van der Waals surface area (Å²) in [5.41, 5.74) is 5.79. The number of carbonyl (C=O) groups excluding carboxylic acids is 1. The Bertz CT molecular complexity index is 1350. The third kappa shape index (κ3) is 3.33. The minimum atomic E-state index is -0.0316. The van der Waals surface area contributed by atoms with Crippen molar-refractivity contribution >= 4 is 17.5 Å². The van der Waals surface area contributed by atoms with E-state index in [9.17, 15) is 4.79 Å². The number of carbonyl (C=O) groups is 1. The number of aromatic nitrogens is 6. The monoisotopic (exact) mass is 459 g/mol. The molecule has 8 nitrogen and oxygen atoms in total. The Morgan fingerprint density at radius 2 is 2.00 bits per heavy atom. The Morgan fingerprint density at radius 1 is 1.12 bits per heavy atom. The highest BCUT2D eigenvalue weighted by Gasteiger charge is 2.43. The standard InChI is InChI=1S/C24H22ClN7O/c1-30-23(15-5-2-7-17(25)11-15)20-13-19-9-4-10-21(22(20)27-30)32(19)24(33)16-6-3-8-18(12-16)31-14-26-28-29-31/h2-3,5-8,11-12,14,19,21H,4,9-10,13H2,1H3/t19-,21+/m0/s1. The normalized spacial score (nSPS) is 19.4. The van der Waals surface area contributed by atoms with Crippen molar-refractivity contribution in [2.45, 2.75) is 37.8 Å². The highest BCUT2D eigenvalue weighted by atomic mass is 35.5. The first-order valence-electron chi connectivity index (χ1n) is 11.1. The van der Waals surface area contributed by atoms with Crippen LogP contribution in [0.5, 0.6) is 0 Å². The summed E-state index contributed by atoms with van der Waals surface area (Å²) in [4.78, 5) is 15.8. The van der Waals surface area contributed by atoms with Gasteiger partial charge in [-0.1, -0.05) is 29.8 Å². The van der Waals surface area contributed by atoms with Gasteiger partial charge in [-0.3, -0.25) is 9.48 Å². The molecule has 9 heteroatoms. The van der Waals surface area contributed by atoms with E-state index in [-0.39, 0.29) is 18.0 Å². The van der Waals surface area contributed by atoms with Crippen LogP contribution in [-0.2, 0) is 13.5 Å². The number of tetrazole rings is 1. The van der Waals surface area contributed by atoms with Gasteiger partial charge >= 0.3 is 0 Å². The molecule has 0 unspecified atom stereocenters. The van der Waals surface area contributed by atoms with Gasteiger partial charge in [0, 0.05) is 34.8 Å². The summed E-state index contributed by atoms with van der Waals surface area (Å²) < 4.78 is 3.50. The van der Waals surface area contributed by atoms with E-state index < -0.39 is 0 Å². The lowest BCUT2D eigenvalue weighted by molar-refractivity contribution is 0.0392. The van der Waals surface area contributed by atoms with Gasteiger partial charge in [-0.25, -0.2) is 4.68 Å². The van der Waals surface area contributed by atoms with Gasteiger partial charge in [-0.15, -0.1) is 5.10 Å². The Hall–Kier alpha value is -3.52. The van der Waals surface area contributed by atoms with Crippen LogP contribution in [0.3, 0.4) is 0 Å². The quantitative estimate of drug-likeness (QED) is 0.462. The molecule has 33 heavy (non-hydrogen) atoms. The van der Waals surface area contributed by atoms with Gasteiger partial charge in [0.05, 0.1) is 23.1 Å². The second-order valence-electron chi connectivity index (χ2n) is 8.67. The van der Waals surface area contributed by atoms with Crippen LogP contribution in [-0.4, -0.2) is 46.8 Å². The molecule has 2 aromatic carbocycles. The fourth-order valence-corrected chi connectivity index (χ4v) is 5.55. The second kappa shape index (κ2) is 7.81. The first-order chi connectivity index (χ1) is 16.1. The lowest BCUT2D eigenvalue weighted by Crippen LogP contribution is -2.49. The lowest BCUT2D eigenvalue weighted by atomic mass is 9.81. The number of amides is 1. The number of hydrogen-bond acceptors (Lipinski definition) is 5. The molecule has 0 saturated carbocycles. The van der Waals surface area contributed by atoms with E-state index in [1.807, 2.05) is 54.2 Å². The molecule has 0 radical (unpaired) electrons. The Labute approximate surface area is 195 Å². The zero-order valence-electron chi connectivity index (χ0n) is 18.1. The van der Waals surface area contributed by atoms with E-state index in [1.54, 1.807) is 4.68 Å². The predicted octanol–water partition coefficient (Wildman–Crippen LogP) is 4.01. The van der Waals surface area contributed by atoms with E-state index in [1.165, 1.54) is 11.9 Å². The fourth-order valence-electron chi connectivity index (χ4n) is 5.36. The molecule has 2 bridgehead atoms. The van der Waals surface area contributed by atoms with Gasteiger partial charge in [0.2, 0.25) is 0 Å². The van der Waals surface area contributed by atoms with Gasteiger partial charge in [-0.2, -0.15) is 5.10 Å². The molecule has 0 N–H and O–H groups in total. The molecule has 6 rings (SSSR count). The maximum Gasteiger partial charge on any atom is 0.254 e. The Balaban J connectivity index is 1.39.